The standard InChI is InChI=1S/C27H23N5O3/c1-34-20-9-5-8-19(12-20)24-23-14-32(26(33)35-15-18-6-3-2-4-7-18)11-10-21(23)22(13-28)25(31)27(24,16-29)17-30/h2-10,12,23-24H,11,14-15,31H2,1H3. The highest BCUT2D eigenvalue weighted by Crippen LogP contribution is 2.54. The summed E-state index contributed by atoms with van der Waals surface area (Å²) < 4.78 is 10.9. The van der Waals surface area contributed by atoms with Crippen molar-refractivity contribution in [3.63, 3.8) is 0 Å². The zero-order valence-corrected chi connectivity index (χ0v) is 19.1. The fraction of sp³-hybridized carbons (Fsp3) is 0.259. The van der Waals surface area contributed by atoms with Crippen LogP contribution in [0.15, 0.2) is 77.5 Å². The summed E-state index contributed by atoms with van der Waals surface area (Å²) in [7, 11) is 1.53. The van der Waals surface area contributed by atoms with Crippen molar-refractivity contribution in [1.29, 1.82) is 15.8 Å². The molecule has 1 heterocycles. The molecule has 1 aliphatic heterocycles. The molecule has 35 heavy (non-hydrogen) atoms. The minimum atomic E-state index is -1.80. The highest BCUT2D eigenvalue weighted by atomic mass is 16.6. The van der Waals surface area contributed by atoms with Gasteiger partial charge in [0.25, 0.3) is 0 Å². The third kappa shape index (κ3) is 4.05. The van der Waals surface area contributed by atoms with Crippen LogP contribution in [0.3, 0.4) is 0 Å². The minimum Gasteiger partial charge on any atom is -0.497 e. The Morgan fingerprint density at radius 1 is 1.14 bits per heavy atom. The van der Waals surface area contributed by atoms with Crippen LogP contribution in [-0.2, 0) is 11.3 Å². The summed E-state index contributed by atoms with van der Waals surface area (Å²) in [6, 6.07) is 22.7. The number of hydrogen-bond acceptors (Lipinski definition) is 7. The van der Waals surface area contributed by atoms with Gasteiger partial charge in [-0.25, -0.2) is 4.79 Å². The molecule has 0 fully saturated rings. The van der Waals surface area contributed by atoms with Crippen molar-refractivity contribution in [2.75, 3.05) is 20.2 Å². The van der Waals surface area contributed by atoms with Gasteiger partial charge in [0, 0.05) is 24.9 Å². The van der Waals surface area contributed by atoms with E-state index in [1.54, 1.807) is 30.3 Å². The second-order valence-electron chi connectivity index (χ2n) is 8.40. The molecule has 8 nitrogen and oxygen atoms in total. The molecule has 2 atom stereocenters. The van der Waals surface area contributed by atoms with Crippen molar-refractivity contribution in [1.82, 2.24) is 4.90 Å². The number of nitrogens with two attached hydrogens (primary N) is 1. The molecule has 0 aromatic heterocycles. The summed E-state index contributed by atoms with van der Waals surface area (Å²) in [6.45, 7) is 0.493. The van der Waals surface area contributed by atoms with E-state index in [0.29, 0.717) is 16.9 Å². The van der Waals surface area contributed by atoms with E-state index >= 15 is 0 Å². The average Bonchev–Trinajstić information content (AvgIpc) is 2.91. The Kier molecular flexibility index (Phi) is 6.44. The predicted molar refractivity (Wildman–Crippen MR) is 126 cm³/mol. The second-order valence-corrected chi connectivity index (χ2v) is 8.40. The van der Waals surface area contributed by atoms with Crippen LogP contribution >= 0.6 is 0 Å². The molecule has 8 heteroatoms. The van der Waals surface area contributed by atoms with E-state index in [1.807, 2.05) is 30.3 Å². The smallest absolute Gasteiger partial charge is 0.410 e. The van der Waals surface area contributed by atoms with Gasteiger partial charge in [0.15, 0.2) is 5.41 Å². The number of allylic oxidation sites excluding steroid dienone is 2. The van der Waals surface area contributed by atoms with E-state index in [4.69, 9.17) is 15.2 Å². The minimum absolute atomic E-state index is 0.0691. The van der Waals surface area contributed by atoms with E-state index in [-0.39, 0.29) is 31.0 Å². The van der Waals surface area contributed by atoms with Gasteiger partial charge >= 0.3 is 6.09 Å². The molecule has 2 aromatic rings. The first-order chi connectivity index (χ1) is 17.0. The van der Waals surface area contributed by atoms with Crippen molar-refractivity contribution in [3.8, 4) is 24.0 Å². The van der Waals surface area contributed by atoms with E-state index in [2.05, 4.69) is 18.2 Å². The van der Waals surface area contributed by atoms with Gasteiger partial charge in [0.05, 0.1) is 30.5 Å². The quantitative estimate of drug-likeness (QED) is 0.726. The third-order valence-corrected chi connectivity index (χ3v) is 6.58. The fourth-order valence-corrected chi connectivity index (χ4v) is 4.85. The number of carbonyl (C=O) groups is 1. The number of methoxy groups -OCH3 is 1. The maximum atomic E-state index is 12.9. The number of amides is 1. The van der Waals surface area contributed by atoms with E-state index in [9.17, 15) is 20.6 Å². The van der Waals surface area contributed by atoms with Gasteiger partial charge in [-0.2, -0.15) is 15.8 Å². The number of nitriles is 3. The molecule has 4 rings (SSSR count). The van der Waals surface area contributed by atoms with Crippen LogP contribution in [0.5, 0.6) is 5.75 Å². The summed E-state index contributed by atoms with van der Waals surface area (Å²) >= 11 is 0. The van der Waals surface area contributed by atoms with E-state index < -0.39 is 23.3 Å². The van der Waals surface area contributed by atoms with Crippen LogP contribution in [0.1, 0.15) is 17.0 Å². The number of hydrogen-bond donors (Lipinski definition) is 1. The number of nitrogens with zero attached hydrogens (tertiary/aromatic N) is 4. The topological polar surface area (TPSA) is 136 Å². The lowest BCUT2D eigenvalue weighted by Gasteiger charge is -2.45. The number of carbonyl (C=O) groups excluding carboxylic acids is 1. The molecular formula is C27H23N5O3. The van der Waals surface area contributed by atoms with Gasteiger partial charge in [-0.05, 0) is 28.8 Å². The lowest BCUT2D eigenvalue weighted by Crippen LogP contribution is -2.49. The lowest BCUT2D eigenvalue weighted by molar-refractivity contribution is 0.0898. The SMILES string of the molecule is COc1cccc(C2C3CN(C(=O)OCc4ccccc4)CC=C3C(C#N)=C(N)C2(C#N)C#N)c1. The molecular weight excluding hydrogens is 442 g/mol. The molecule has 1 amide bonds. The Hall–Kier alpha value is -4.74. The first kappa shape index (κ1) is 23.4. The van der Waals surface area contributed by atoms with Crippen molar-refractivity contribution in [2.45, 2.75) is 12.5 Å². The van der Waals surface area contributed by atoms with Crippen LogP contribution in [0.2, 0.25) is 0 Å². The Labute approximate surface area is 203 Å². The van der Waals surface area contributed by atoms with E-state index in [1.165, 1.54) is 12.0 Å². The van der Waals surface area contributed by atoms with Crippen molar-refractivity contribution in [3.05, 3.63) is 88.6 Å². The van der Waals surface area contributed by atoms with Gasteiger partial charge in [-0.1, -0.05) is 48.5 Å². The van der Waals surface area contributed by atoms with E-state index in [0.717, 1.165) is 5.56 Å². The van der Waals surface area contributed by atoms with Gasteiger partial charge in [0.2, 0.25) is 0 Å². The molecule has 174 valence electrons. The molecule has 2 aromatic carbocycles. The summed E-state index contributed by atoms with van der Waals surface area (Å²) in [5.74, 6) is -0.705. The zero-order chi connectivity index (χ0) is 25.0. The number of benzene rings is 2. The molecule has 1 aliphatic carbocycles. The molecule has 0 saturated heterocycles. The Balaban J connectivity index is 1.75. The Morgan fingerprint density at radius 2 is 1.89 bits per heavy atom. The predicted octanol–water partition coefficient (Wildman–Crippen LogP) is 3.76. The summed E-state index contributed by atoms with van der Waals surface area (Å²) in [5, 5.41) is 30.3. The molecule has 2 N–H and O–H groups in total. The number of ether oxygens (including phenoxy) is 2. The summed E-state index contributed by atoms with van der Waals surface area (Å²) in [6.07, 6.45) is 1.24. The van der Waals surface area contributed by atoms with Gasteiger partial charge in [-0.15, -0.1) is 0 Å². The van der Waals surface area contributed by atoms with Crippen LogP contribution in [-0.4, -0.2) is 31.2 Å². The monoisotopic (exact) mass is 465 g/mol. The maximum absolute atomic E-state index is 12.9. The van der Waals surface area contributed by atoms with Gasteiger partial charge < -0.3 is 20.1 Å². The second kappa shape index (κ2) is 9.63. The molecule has 2 aliphatic rings. The van der Waals surface area contributed by atoms with Crippen molar-refractivity contribution >= 4 is 6.09 Å². The third-order valence-electron chi connectivity index (χ3n) is 6.58. The van der Waals surface area contributed by atoms with Gasteiger partial charge in [-0.3, -0.25) is 0 Å². The molecule has 0 spiro atoms. The highest BCUT2D eigenvalue weighted by molar-refractivity contribution is 5.69. The molecule has 0 bridgehead atoms. The molecule has 0 radical (unpaired) electrons. The lowest BCUT2D eigenvalue weighted by atomic mass is 9.58. The summed E-state index contributed by atoms with van der Waals surface area (Å²) in [4.78, 5) is 14.4. The first-order valence-electron chi connectivity index (χ1n) is 11.0. The maximum Gasteiger partial charge on any atom is 0.410 e. The van der Waals surface area contributed by atoms with Crippen LogP contribution in [0.4, 0.5) is 4.79 Å². The fourth-order valence-electron chi connectivity index (χ4n) is 4.85. The number of fused-ring (bicyclic) bond motifs is 1. The Morgan fingerprint density at radius 3 is 2.54 bits per heavy atom. The normalized spacial score (nSPS) is 20.4. The first-order valence-corrected chi connectivity index (χ1v) is 11.0. The highest BCUT2D eigenvalue weighted by Gasteiger charge is 2.54. The van der Waals surface area contributed by atoms with Gasteiger partial charge in [0.1, 0.15) is 18.4 Å². The van der Waals surface area contributed by atoms with Crippen LogP contribution in [0, 0.1) is 45.3 Å². The van der Waals surface area contributed by atoms with Crippen LogP contribution in [0.25, 0.3) is 0 Å². The molecule has 2 unspecified atom stereocenters. The van der Waals surface area contributed by atoms with Crippen LogP contribution < -0.4 is 10.5 Å². The average molecular weight is 466 g/mol. The number of rotatable bonds is 4. The summed E-state index contributed by atoms with van der Waals surface area (Å²) in [5.41, 5.74) is 6.74. The van der Waals surface area contributed by atoms with Crippen molar-refractivity contribution < 1.29 is 14.3 Å². The van der Waals surface area contributed by atoms with Crippen molar-refractivity contribution in [2.24, 2.45) is 17.1 Å². The molecule has 0 saturated carbocycles. The largest absolute Gasteiger partial charge is 0.497 e. The zero-order valence-electron chi connectivity index (χ0n) is 19.1. The Bertz CT molecular complexity index is 1310.